The molecular weight excluding hydrogens is 184 g/mol. The van der Waals surface area contributed by atoms with Gasteiger partial charge >= 0.3 is 0 Å². The number of hydrogen-bond donors (Lipinski definition) is 0. The van der Waals surface area contributed by atoms with Crippen LogP contribution >= 0.6 is 11.6 Å². The van der Waals surface area contributed by atoms with Crippen LogP contribution in [0.1, 0.15) is 19.5 Å². The second kappa shape index (κ2) is 4.47. The zero-order chi connectivity index (χ0) is 9.84. The summed E-state index contributed by atoms with van der Waals surface area (Å²) in [6, 6.07) is 3.77. The minimum atomic E-state index is 0.759. The number of anilines is 1. The maximum atomic E-state index is 5.94. The van der Waals surface area contributed by atoms with Crippen LogP contribution < -0.4 is 4.90 Å². The molecule has 0 fully saturated rings. The topological polar surface area (TPSA) is 16.1 Å². The van der Waals surface area contributed by atoms with Crippen molar-refractivity contribution >= 4 is 17.4 Å². The Morgan fingerprint density at radius 3 is 2.38 bits per heavy atom. The largest absolute Gasteiger partial charge is 0.357 e. The molecule has 0 aliphatic carbocycles. The van der Waals surface area contributed by atoms with Crippen molar-refractivity contribution in [3.63, 3.8) is 0 Å². The molecule has 0 atom stereocenters. The Bertz CT molecular complexity index is 262. The zero-order valence-corrected chi connectivity index (χ0v) is 9.10. The third-order valence-corrected chi connectivity index (χ3v) is 2.21. The van der Waals surface area contributed by atoms with Crippen LogP contribution in [0.5, 0.6) is 0 Å². The molecule has 0 aliphatic heterocycles. The third kappa shape index (κ3) is 2.59. The van der Waals surface area contributed by atoms with Gasteiger partial charge in [0.05, 0.1) is 0 Å². The van der Waals surface area contributed by atoms with Gasteiger partial charge in [-0.1, -0.05) is 11.6 Å². The standard InChI is InChI=1S/C10H15ClN2/c1-4-13(5-2)10-7-9(11)6-8(3)12-10/h6-7H,4-5H2,1-3H3. The van der Waals surface area contributed by atoms with E-state index in [1.165, 1.54) is 0 Å². The molecule has 0 bridgehead atoms. The summed E-state index contributed by atoms with van der Waals surface area (Å²) in [4.78, 5) is 6.60. The molecule has 2 nitrogen and oxygen atoms in total. The summed E-state index contributed by atoms with van der Waals surface area (Å²) in [7, 11) is 0. The molecule has 0 saturated heterocycles. The van der Waals surface area contributed by atoms with E-state index >= 15 is 0 Å². The molecular formula is C10H15ClN2. The SMILES string of the molecule is CCN(CC)c1cc(Cl)cc(C)n1. The van der Waals surface area contributed by atoms with Gasteiger partial charge in [-0.05, 0) is 32.9 Å². The Morgan fingerprint density at radius 1 is 1.31 bits per heavy atom. The van der Waals surface area contributed by atoms with Gasteiger partial charge < -0.3 is 4.90 Å². The number of nitrogens with zero attached hydrogens (tertiary/aromatic N) is 2. The van der Waals surface area contributed by atoms with Crippen LogP contribution in [0.25, 0.3) is 0 Å². The lowest BCUT2D eigenvalue weighted by Gasteiger charge is -2.20. The van der Waals surface area contributed by atoms with Crippen LogP contribution in [0, 0.1) is 6.92 Å². The predicted octanol–water partition coefficient (Wildman–Crippen LogP) is 2.89. The molecule has 13 heavy (non-hydrogen) atoms. The van der Waals surface area contributed by atoms with Crippen molar-refractivity contribution in [2.75, 3.05) is 18.0 Å². The fraction of sp³-hybridized carbons (Fsp3) is 0.500. The summed E-state index contributed by atoms with van der Waals surface area (Å²) in [6.07, 6.45) is 0. The monoisotopic (exact) mass is 198 g/mol. The maximum Gasteiger partial charge on any atom is 0.130 e. The average Bonchev–Trinajstić information content (AvgIpc) is 2.04. The van der Waals surface area contributed by atoms with Gasteiger partial charge in [-0.25, -0.2) is 4.98 Å². The van der Waals surface area contributed by atoms with Crippen LogP contribution in [0.4, 0.5) is 5.82 Å². The molecule has 3 heteroatoms. The van der Waals surface area contributed by atoms with E-state index in [4.69, 9.17) is 11.6 Å². The summed E-state index contributed by atoms with van der Waals surface area (Å²) in [5.74, 6) is 0.968. The highest BCUT2D eigenvalue weighted by Gasteiger charge is 2.04. The van der Waals surface area contributed by atoms with Crippen LogP contribution in [0.15, 0.2) is 12.1 Å². The van der Waals surface area contributed by atoms with Gasteiger partial charge in [0.1, 0.15) is 5.82 Å². The number of rotatable bonds is 3. The summed E-state index contributed by atoms with van der Waals surface area (Å²) >= 11 is 5.94. The lowest BCUT2D eigenvalue weighted by Crippen LogP contribution is -2.23. The first kappa shape index (κ1) is 10.3. The molecule has 1 heterocycles. The van der Waals surface area contributed by atoms with E-state index in [1.807, 2.05) is 19.1 Å². The van der Waals surface area contributed by atoms with E-state index in [2.05, 4.69) is 23.7 Å². The number of pyridine rings is 1. The zero-order valence-electron chi connectivity index (χ0n) is 8.34. The van der Waals surface area contributed by atoms with E-state index in [9.17, 15) is 0 Å². The molecule has 1 aromatic rings. The first-order valence-electron chi connectivity index (χ1n) is 4.56. The first-order chi connectivity index (χ1) is 6.17. The van der Waals surface area contributed by atoms with E-state index < -0.39 is 0 Å². The Hall–Kier alpha value is -0.760. The minimum Gasteiger partial charge on any atom is -0.357 e. The molecule has 0 amide bonds. The van der Waals surface area contributed by atoms with E-state index in [0.717, 1.165) is 29.6 Å². The third-order valence-electron chi connectivity index (χ3n) is 1.99. The van der Waals surface area contributed by atoms with Crippen molar-refractivity contribution in [1.82, 2.24) is 4.98 Å². The van der Waals surface area contributed by atoms with Gasteiger partial charge in [-0.2, -0.15) is 0 Å². The van der Waals surface area contributed by atoms with Crippen molar-refractivity contribution < 1.29 is 0 Å². The summed E-state index contributed by atoms with van der Waals surface area (Å²) < 4.78 is 0. The predicted molar refractivity (Wildman–Crippen MR) is 57.5 cm³/mol. The molecule has 72 valence electrons. The van der Waals surface area contributed by atoms with Gasteiger partial charge in [-0.15, -0.1) is 0 Å². The Morgan fingerprint density at radius 2 is 1.92 bits per heavy atom. The average molecular weight is 199 g/mol. The first-order valence-corrected chi connectivity index (χ1v) is 4.94. The van der Waals surface area contributed by atoms with Crippen LogP contribution in [-0.2, 0) is 0 Å². The molecule has 0 saturated carbocycles. The smallest absolute Gasteiger partial charge is 0.130 e. The Balaban J connectivity index is 2.99. The fourth-order valence-corrected chi connectivity index (χ4v) is 1.57. The second-order valence-corrected chi connectivity index (χ2v) is 3.39. The fourth-order valence-electron chi connectivity index (χ4n) is 1.32. The van der Waals surface area contributed by atoms with Crippen LogP contribution in [0.3, 0.4) is 0 Å². The number of hydrogen-bond acceptors (Lipinski definition) is 2. The molecule has 0 unspecified atom stereocenters. The molecule has 0 N–H and O–H groups in total. The molecule has 1 rings (SSSR count). The molecule has 0 aromatic carbocycles. The van der Waals surface area contributed by atoms with Gasteiger partial charge in [0.2, 0.25) is 0 Å². The minimum absolute atomic E-state index is 0.759. The summed E-state index contributed by atoms with van der Waals surface area (Å²) in [5, 5.41) is 0.759. The number of halogens is 1. The second-order valence-electron chi connectivity index (χ2n) is 2.96. The van der Waals surface area contributed by atoms with Crippen LogP contribution in [-0.4, -0.2) is 18.1 Å². The lowest BCUT2D eigenvalue weighted by atomic mass is 10.3. The molecule has 0 spiro atoms. The Labute approximate surface area is 84.5 Å². The van der Waals surface area contributed by atoms with Gasteiger partial charge in [0.25, 0.3) is 0 Å². The number of aryl methyl sites for hydroxylation is 1. The van der Waals surface area contributed by atoms with Crippen LogP contribution in [0.2, 0.25) is 5.02 Å². The quantitative estimate of drug-likeness (QED) is 0.743. The van der Waals surface area contributed by atoms with Crippen molar-refractivity contribution in [2.24, 2.45) is 0 Å². The Kier molecular flexibility index (Phi) is 3.55. The molecule has 0 aliphatic rings. The summed E-state index contributed by atoms with van der Waals surface area (Å²) in [6.45, 7) is 8.11. The lowest BCUT2D eigenvalue weighted by molar-refractivity contribution is 0.842. The van der Waals surface area contributed by atoms with Crippen molar-refractivity contribution in [2.45, 2.75) is 20.8 Å². The molecule has 0 radical (unpaired) electrons. The molecule has 1 aromatic heterocycles. The highest BCUT2D eigenvalue weighted by Crippen LogP contribution is 2.18. The highest BCUT2D eigenvalue weighted by molar-refractivity contribution is 6.30. The normalized spacial score (nSPS) is 10.2. The van der Waals surface area contributed by atoms with Crippen molar-refractivity contribution in [1.29, 1.82) is 0 Å². The van der Waals surface area contributed by atoms with E-state index in [1.54, 1.807) is 0 Å². The van der Waals surface area contributed by atoms with Gasteiger partial charge in [0, 0.05) is 23.8 Å². The maximum absolute atomic E-state index is 5.94. The van der Waals surface area contributed by atoms with E-state index in [-0.39, 0.29) is 0 Å². The number of aromatic nitrogens is 1. The highest BCUT2D eigenvalue weighted by atomic mass is 35.5. The van der Waals surface area contributed by atoms with Crippen molar-refractivity contribution in [3.8, 4) is 0 Å². The summed E-state index contributed by atoms with van der Waals surface area (Å²) in [5.41, 5.74) is 0.967. The van der Waals surface area contributed by atoms with Gasteiger partial charge in [0.15, 0.2) is 0 Å². The van der Waals surface area contributed by atoms with Gasteiger partial charge in [-0.3, -0.25) is 0 Å². The van der Waals surface area contributed by atoms with E-state index in [0.29, 0.717) is 0 Å². The van der Waals surface area contributed by atoms with Crippen molar-refractivity contribution in [3.05, 3.63) is 22.8 Å².